The summed E-state index contributed by atoms with van der Waals surface area (Å²) in [4.78, 5) is 4.54. The topological polar surface area (TPSA) is 46.5 Å². The maximum Gasteiger partial charge on any atom is 0.195 e. The van der Waals surface area contributed by atoms with Crippen molar-refractivity contribution in [3.63, 3.8) is 0 Å². The quantitative estimate of drug-likeness (QED) is 0.576. The van der Waals surface area contributed by atoms with Crippen molar-refractivity contribution in [2.75, 3.05) is 0 Å². The highest BCUT2D eigenvalue weighted by Gasteiger charge is 2.13. The van der Waals surface area contributed by atoms with E-state index < -0.39 is 0 Å². The first-order valence-corrected chi connectivity index (χ1v) is 7.77. The van der Waals surface area contributed by atoms with Gasteiger partial charge in [0.1, 0.15) is 5.69 Å². The first-order chi connectivity index (χ1) is 11.3. The first-order valence-electron chi connectivity index (χ1n) is 7.36. The SMILES string of the molecule is S=c1[nH]nc(-c2nccc3ccccc23)n1Cc1ccccc1. The molecule has 0 fully saturated rings. The summed E-state index contributed by atoms with van der Waals surface area (Å²) in [5.41, 5.74) is 2.01. The molecule has 5 heteroatoms. The van der Waals surface area contributed by atoms with E-state index in [0.717, 1.165) is 22.3 Å². The summed E-state index contributed by atoms with van der Waals surface area (Å²) in [6.07, 6.45) is 1.81. The number of nitrogens with one attached hydrogen (secondary N) is 1. The molecule has 2 aromatic carbocycles. The van der Waals surface area contributed by atoms with Crippen LogP contribution in [0.15, 0.2) is 66.9 Å². The molecule has 112 valence electrons. The Balaban J connectivity index is 1.88. The second-order valence-corrected chi connectivity index (χ2v) is 5.69. The van der Waals surface area contributed by atoms with Crippen LogP contribution >= 0.6 is 12.2 Å². The summed E-state index contributed by atoms with van der Waals surface area (Å²) >= 11 is 5.41. The predicted molar refractivity (Wildman–Crippen MR) is 93.7 cm³/mol. The molecule has 0 unspecified atom stereocenters. The summed E-state index contributed by atoms with van der Waals surface area (Å²) in [6.45, 7) is 0.663. The minimum absolute atomic E-state index is 0.596. The molecule has 0 aliphatic rings. The van der Waals surface area contributed by atoms with Crippen LogP contribution in [0, 0.1) is 4.77 Å². The maximum atomic E-state index is 5.41. The highest BCUT2D eigenvalue weighted by Crippen LogP contribution is 2.25. The summed E-state index contributed by atoms with van der Waals surface area (Å²) in [5, 5.41) is 9.52. The average Bonchev–Trinajstić information content (AvgIpc) is 2.96. The van der Waals surface area contributed by atoms with Gasteiger partial charge in [0.15, 0.2) is 10.6 Å². The second kappa shape index (κ2) is 5.78. The summed E-state index contributed by atoms with van der Waals surface area (Å²) in [7, 11) is 0. The number of hydrogen-bond acceptors (Lipinski definition) is 3. The molecule has 2 heterocycles. The van der Waals surface area contributed by atoms with E-state index in [2.05, 4.69) is 39.4 Å². The lowest BCUT2D eigenvalue weighted by Gasteiger charge is -2.08. The van der Waals surface area contributed by atoms with Crippen molar-refractivity contribution in [2.24, 2.45) is 0 Å². The van der Waals surface area contributed by atoms with E-state index in [4.69, 9.17) is 12.2 Å². The van der Waals surface area contributed by atoms with Gasteiger partial charge < -0.3 is 0 Å². The molecule has 1 N–H and O–H groups in total. The monoisotopic (exact) mass is 318 g/mol. The number of nitrogens with zero attached hydrogens (tertiary/aromatic N) is 3. The molecule has 0 amide bonds. The number of H-pyrrole nitrogens is 1. The molecule has 0 saturated carbocycles. The van der Waals surface area contributed by atoms with Crippen molar-refractivity contribution in [1.29, 1.82) is 0 Å². The number of pyridine rings is 1. The van der Waals surface area contributed by atoms with Crippen LogP contribution in [-0.2, 0) is 6.54 Å². The zero-order chi connectivity index (χ0) is 15.6. The molecule has 0 saturated heterocycles. The number of benzene rings is 2. The van der Waals surface area contributed by atoms with Gasteiger partial charge in [-0.15, -0.1) is 0 Å². The normalized spacial score (nSPS) is 11.0. The fourth-order valence-electron chi connectivity index (χ4n) is 2.71. The van der Waals surface area contributed by atoms with Crippen LogP contribution in [0.3, 0.4) is 0 Å². The molecule has 23 heavy (non-hydrogen) atoms. The first kappa shape index (κ1) is 13.8. The Morgan fingerprint density at radius 1 is 0.957 bits per heavy atom. The smallest absolute Gasteiger partial charge is 0.195 e. The summed E-state index contributed by atoms with van der Waals surface area (Å²) in [5.74, 6) is 0.760. The van der Waals surface area contributed by atoms with Gasteiger partial charge in [-0.3, -0.25) is 14.6 Å². The van der Waals surface area contributed by atoms with Gasteiger partial charge in [-0.25, -0.2) is 0 Å². The number of rotatable bonds is 3. The Bertz CT molecular complexity index is 1010. The number of aromatic amines is 1. The fourth-order valence-corrected chi connectivity index (χ4v) is 2.91. The van der Waals surface area contributed by atoms with Gasteiger partial charge >= 0.3 is 0 Å². The zero-order valence-electron chi connectivity index (χ0n) is 12.3. The van der Waals surface area contributed by atoms with Crippen LogP contribution in [0.2, 0.25) is 0 Å². The molecule has 4 nitrogen and oxygen atoms in total. The molecular formula is C18H14N4S. The van der Waals surface area contributed by atoms with E-state index in [1.807, 2.05) is 47.2 Å². The molecule has 0 aliphatic carbocycles. The van der Waals surface area contributed by atoms with Crippen molar-refractivity contribution in [3.8, 4) is 11.5 Å². The lowest BCUT2D eigenvalue weighted by atomic mass is 10.1. The van der Waals surface area contributed by atoms with E-state index in [9.17, 15) is 0 Å². The maximum absolute atomic E-state index is 5.41. The lowest BCUT2D eigenvalue weighted by Crippen LogP contribution is -2.03. The van der Waals surface area contributed by atoms with Crippen molar-refractivity contribution < 1.29 is 0 Å². The van der Waals surface area contributed by atoms with Crippen LogP contribution in [0.25, 0.3) is 22.3 Å². The van der Waals surface area contributed by atoms with Crippen LogP contribution in [0.1, 0.15) is 5.56 Å². The Morgan fingerprint density at radius 2 is 1.74 bits per heavy atom. The molecule has 0 bridgehead atoms. The zero-order valence-corrected chi connectivity index (χ0v) is 13.1. The standard InChI is InChI=1S/C18H14N4S/c23-18-21-20-17(22(18)12-13-6-2-1-3-7-13)16-15-9-5-4-8-14(15)10-11-19-16/h1-11H,12H2,(H,21,23). The van der Waals surface area contributed by atoms with Gasteiger partial charge in [0.05, 0.1) is 6.54 Å². The van der Waals surface area contributed by atoms with Crippen LogP contribution in [-0.4, -0.2) is 19.7 Å². The van der Waals surface area contributed by atoms with E-state index in [1.54, 1.807) is 0 Å². The molecule has 0 aliphatic heterocycles. The van der Waals surface area contributed by atoms with Crippen LogP contribution in [0.5, 0.6) is 0 Å². The Hall–Kier alpha value is -2.79. The summed E-state index contributed by atoms with van der Waals surface area (Å²) < 4.78 is 2.58. The highest BCUT2D eigenvalue weighted by atomic mass is 32.1. The highest BCUT2D eigenvalue weighted by molar-refractivity contribution is 7.71. The molecule has 0 radical (unpaired) electrons. The van der Waals surface area contributed by atoms with Gasteiger partial charge in [-0.05, 0) is 29.2 Å². The number of hydrogen-bond donors (Lipinski definition) is 1. The van der Waals surface area contributed by atoms with Gasteiger partial charge in [-0.2, -0.15) is 5.10 Å². The van der Waals surface area contributed by atoms with Crippen molar-refractivity contribution in [1.82, 2.24) is 19.7 Å². The summed E-state index contributed by atoms with van der Waals surface area (Å²) in [6, 6.07) is 20.4. The Morgan fingerprint density at radius 3 is 2.61 bits per heavy atom. The third-order valence-electron chi connectivity index (χ3n) is 3.83. The Labute approximate surface area is 138 Å². The lowest BCUT2D eigenvalue weighted by molar-refractivity contribution is 0.788. The van der Waals surface area contributed by atoms with E-state index >= 15 is 0 Å². The van der Waals surface area contributed by atoms with E-state index in [0.29, 0.717) is 11.3 Å². The predicted octanol–water partition coefficient (Wildman–Crippen LogP) is 4.20. The van der Waals surface area contributed by atoms with Gasteiger partial charge in [0, 0.05) is 11.6 Å². The fraction of sp³-hybridized carbons (Fsp3) is 0.0556. The van der Waals surface area contributed by atoms with Crippen molar-refractivity contribution >= 4 is 23.0 Å². The largest absolute Gasteiger partial charge is 0.294 e. The molecule has 4 rings (SSSR count). The average molecular weight is 318 g/mol. The Kier molecular flexibility index (Phi) is 3.48. The molecule has 0 spiro atoms. The molecule has 2 aromatic heterocycles. The van der Waals surface area contributed by atoms with Gasteiger partial charge in [-0.1, -0.05) is 54.6 Å². The minimum atomic E-state index is 0.596. The number of fused-ring (bicyclic) bond motifs is 1. The second-order valence-electron chi connectivity index (χ2n) is 5.30. The molecular weight excluding hydrogens is 304 g/mol. The van der Waals surface area contributed by atoms with Crippen molar-refractivity contribution in [2.45, 2.75) is 6.54 Å². The van der Waals surface area contributed by atoms with Gasteiger partial charge in [0.25, 0.3) is 0 Å². The third kappa shape index (κ3) is 2.55. The van der Waals surface area contributed by atoms with E-state index in [-0.39, 0.29) is 0 Å². The number of aromatic nitrogens is 4. The minimum Gasteiger partial charge on any atom is -0.294 e. The van der Waals surface area contributed by atoms with Crippen LogP contribution < -0.4 is 0 Å². The van der Waals surface area contributed by atoms with E-state index in [1.165, 1.54) is 5.56 Å². The van der Waals surface area contributed by atoms with Gasteiger partial charge in [0.2, 0.25) is 0 Å². The third-order valence-corrected chi connectivity index (χ3v) is 4.14. The molecule has 4 aromatic rings. The van der Waals surface area contributed by atoms with Crippen LogP contribution in [0.4, 0.5) is 0 Å². The molecule has 0 atom stereocenters. The van der Waals surface area contributed by atoms with Crippen molar-refractivity contribution in [3.05, 3.63) is 77.2 Å².